The molecule has 0 heterocycles. The number of nitriles is 1. The third-order valence-electron chi connectivity index (χ3n) is 2.83. The van der Waals surface area contributed by atoms with E-state index in [1.807, 2.05) is 6.07 Å². The zero-order chi connectivity index (χ0) is 16.8. The van der Waals surface area contributed by atoms with Gasteiger partial charge in [-0.1, -0.05) is 27.5 Å². The molecule has 2 aromatic carbocycles. The fourth-order valence-corrected chi connectivity index (χ4v) is 2.37. The zero-order valence-corrected chi connectivity index (χ0v) is 14.0. The van der Waals surface area contributed by atoms with Crippen LogP contribution in [0.1, 0.15) is 15.9 Å². The zero-order valence-electron chi connectivity index (χ0n) is 11.7. The summed E-state index contributed by atoms with van der Waals surface area (Å²) < 4.78 is 6.08. The van der Waals surface area contributed by atoms with Crippen molar-refractivity contribution in [1.29, 1.82) is 5.26 Å². The van der Waals surface area contributed by atoms with Crippen molar-refractivity contribution >= 4 is 45.4 Å². The van der Waals surface area contributed by atoms with Gasteiger partial charge in [0, 0.05) is 10.2 Å². The fourth-order valence-electron chi connectivity index (χ4n) is 1.77. The van der Waals surface area contributed by atoms with Crippen LogP contribution in [0, 0.1) is 11.3 Å². The van der Waals surface area contributed by atoms with Crippen molar-refractivity contribution in [2.75, 3.05) is 11.9 Å². The van der Waals surface area contributed by atoms with Crippen LogP contribution in [-0.2, 0) is 4.79 Å². The fraction of sp³-hybridized carbons (Fsp3) is 0.0625. The molecule has 0 aromatic heterocycles. The number of ether oxygens (including phenoxy) is 1. The highest BCUT2D eigenvalue weighted by molar-refractivity contribution is 9.10. The van der Waals surface area contributed by atoms with Gasteiger partial charge in [-0.2, -0.15) is 5.26 Å². The first-order valence-electron chi connectivity index (χ1n) is 6.40. The number of halogens is 2. The van der Waals surface area contributed by atoms with Gasteiger partial charge in [0.05, 0.1) is 16.1 Å². The Labute approximate surface area is 145 Å². The highest BCUT2D eigenvalue weighted by Crippen LogP contribution is 2.22. The number of hydrogen-bond donors (Lipinski definition) is 1. The van der Waals surface area contributed by atoms with Gasteiger partial charge in [-0.05, 0) is 36.4 Å². The number of nitrogens with zero attached hydrogens (tertiary/aromatic N) is 1. The Kier molecular flexibility index (Phi) is 5.74. The Morgan fingerprint density at radius 2 is 2.13 bits per heavy atom. The highest BCUT2D eigenvalue weighted by Gasteiger charge is 2.09. The summed E-state index contributed by atoms with van der Waals surface area (Å²) in [6.07, 6.45) is 0.651. The Morgan fingerprint density at radius 1 is 1.35 bits per heavy atom. The number of nitrogens with one attached hydrogen (secondary N) is 1. The molecular formula is C16H10BrClN2O3. The number of amides is 1. The first-order valence-corrected chi connectivity index (χ1v) is 7.57. The molecule has 0 aliphatic rings. The maximum atomic E-state index is 11.9. The summed E-state index contributed by atoms with van der Waals surface area (Å²) in [5.74, 6) is -0.0956. The average molecular weight is 394 g/mol. The van der Waals surface area contributed by atoms with Gasteiger partial charge in [0.2, 0.25) is 0 Å². The first-order chi connectivity index (χ1) is 11.0. The molecule has 0 spiro atoms. The van der Waals surface area contributed by atoms with Crippen LogP contribution in [-0.4, -0.2) is 18.8 Å². The number of aldehydes is 1. The molecule has 2 aromatic rings. The van der Waals surface area contributed by atoms with Crippen molar-refractivity contribution in [1.82, 2.24) is 0 Å². The van der Waals surface area contributed by atoms with Crippen LogP contribution < -0.4 is 10.1 Å². The summed E-state index contributed by atoms with van der Waals surface area (Å²) >= 11 is 9.14. The van der Waals surface area contributed by atoms with E-state index in [-0.39, 0.29) is 11.6 Å². The minimum absolute atomic E-state index is 0.252. The molecule has 0 aliphatic heterocycles. The standard InChI is InChI=1S/C16H10BrClN2O3/c17-12-2-4-15(11(5-12)8-21)23-9-16(22)20-13-3-1-10(7-19)14(18)6-13/h1-6,8H,9H2,(H,20,22). The second kappa shape index (κ2) is 7.77. The van der Waals surface area contributed by atoms with Crippen LogP contribution in [0.2, 0.25) is 5.02 Å². The third kappa shape index (κ3) is 4.55. The lowest BCUT2D eigenvalue weighted by atomic mass is 10.2. The maximum Gasteiger partial charge on any atom is 0.262 e. The highest BCUT2D eigenvalue weighted by atomic mass is 79.9. The van der Waals surface area contributed by atoms with Crippen molar-refractivity contribution in [3.8, 4) is 11.8 Å². The molecule has 0 atom stereocenters. The lowest BCUT2D eigenvalue weighted by molar-refractivity contribution is -0.118. The molecule has 0 saturated heterocycles. The van der Waals surface area contributed by atoms with Crippen molar-refractivity contribution in [2.24, 2.45) is 0 Å². The molecular weight excluding hydrogens is 384 g/mol. The van der Waals surface area contributed by atoms with E-state index in [4.69, 9.17) is 21.6 Å². The van der Waals surface area contributed by atoms with E-state index in [9.17, 15) is 9.59 Å². The number of benzene rings is 2. The molecule has 1 N–H and O–H groups in total. The first kappa shape index (κ1) is 17.0. The van der Waals surface area contributed by atoms with E-state index in [1.165, 1.54) is 12.1 Å². The number of carbonyl (C=O) groups excluding carboxylic acids is 2. The van der Waals surface area contributed by atoms with E-state index < -0.39 is 5.91 Å². The van der Waals surface area contributed by atoms with E-state index in [1.54, 1.807) is 24.3 Å². The molecule has 1 amide bonds. The summed E-state index contributed by atoms with van der Waals surface area (Å²) in [4.78, 5) is 22.8. The van der Waals surface area contributed by atoms with Gasteiger partial charge in [-0.25, -0.2) is 0 Å². The normalized spacial score (nSPS) is 9.78. The van der Waals surface area contributed by atoms with Gasteiger partial charge in [0.1, 0.15) is 11.8 Å². The van der Waals surface area contributed by atoms with E-state index in [0.717, 1.165) is 4.47 Å². The van der Waals surface area contributed by atoms with Gasteiger partial charge in [-0.15, -0.1) is 0 Å². The van der Waals surface area contributed by atoms with E-state index in [0.29, 0.717) is 28.8 Å². The van der Waals surface area contributed by atoms with Gasteiger partial charge in [0.25, 0.3) is 5.91 Å². The van der Waals surface area contributed by atoms with Crippen molar-refractivity contribution in [2.45, 2.75) is 0 Å². The van der Waals surface area contributed by atoms with Crippen LogP contribution in [0.25, 0.3) is 0 Å². The third-order valence-corrected chi connectivity index (χ3v) is 3.64. The predicted octanol–water partition coefficient (Wildman–Crippen LogP) is 3.80. The molecule has 0 fully saturated rings. The second-order valence-electron chi connectivity index (χ2n) is 4.44. The summed E-state index contributed by atoms with van der Waals surface area (Å²) in [7, 11) is 0. The topological polar surface area (TPSA) is 79.2 Å². The van der Waals surface area contributed by atoms with Crippen molar-refractivity contribution in [3.05, 3.63) is 57.0 Å². The Balaban J connectivity index is 1.99. The van der Waals surface area contributed by atoms with Crippen LogP contribution in [0.4, 0.5) is 5.69 Å². The Bertz CT molecular complexity index is 802. The molecule has 116 valence electrons. The van der Waals surface area contributed by atoms with Gasteiger partial charge >= 0.3 is 0 Å². The molecule has 7 heteroatoms. The summed E-state index contributed by atoms with van der Waals surface area (Å²) in [5, 5.41) is 11.6. The van der Waals surface area contributed by atoms with Gasteiger partial charge < -0.3 is 10.1 Å². The molecule has 0 saturated carbocycles. The smallest absolute Gasteiger partial charge is 0.262 e. The summed E-state index contributed by atoms with van der Waals surface area (Å²) in [6.45, 7) is -0.264. The minimum Gasteiger partial charge on any atom is -0.483 e. The number of rotatable bonds is 5. The largest absolute Gasteiger partial charge is 0.483 e. The molecule has 0 aliphatic carbocycles. The van der Waals surface area contributed by atoms with Crippen molar-refractivity contribution in [3.63, 3.8) is 0 Å². The SMILES string of the molecule is N#Cc1ccc(NC(=O)COc2ccc(Br)cc2C=O)cc1Cl. The maximum absolute atomic E-state index is 11.9. The molecule has 2 rings (SSSR count). The molecule has 0 unspecified atom stereocenters. The lowest BCUT2D eigenvalue weighted by Crippen LogP contribution is -2.20. The van der Waals surface area contributed by atoms with Crippen LogP contribution in [0.3, 0.4) is 0 Å². The van der Waals surface area contributed by atoms with Gasteiger partial charge in [0.15, 0.2) is 12.9 Å². The molecule has 5 nitrogen and oxygen atoms in total. The number of hydrogen-bond acceptors (Lipinski definition) is 4. The summed E-state index contributed by atoms with van der Waals surface area (Å²) in [5.41, 5.74) is 1.12. The number of carbonyl (C=O) groups is 2. The summed E-state index contributed by atoms with van der Waals surface area (Å²) in [6, 6.07) is 11.4. The van der Waals surface area contributed by atoms with E-state index in [2.05, 4.69) is 21.2 Å². The quantitative estimate of drug-likeness (QED) is 0.784. The molecule has 0 radical (unpaired) electrons. The van der Waals surface area contributed by atoms with Crippen LogP contribution in [0.5, 0.6) is 5.75 Å². The monoisotopic (exact) mass is 392 g/mol. The van der Waals surface area contributed by atoms with Crippen LogP contribution >= 0.6 is 27.5 Å². The molecule has 23 heavy (non-hydrogen) atoms. The predicted molar refractivity (Wildman–Crippen MR) is 89.8 cm³/mol. The van der Waals surface area contributed by atoms with E-state index >= 15 is 0 Å². The number of anilines is 1. The molecule has 0 bridgehead atoms. The Hall–Kier alpha value is -2.36. The lowest BCUT2D eigenvalue weighted by Gasteiger charge is -2.10. The average Bonchev–Trinajstić information content (AvgIpc) is 2.53. The van der Waals surface area contributed by atoms with Crippen LogP contribution in [0.15, 0.2) is 40.9 Å². The second-order valence-corrected chi connectivity index (χ2v) is 5.77. The van der Waals surface area contributed by atoms with Gasteiger partial charge in [-0.3, -0.25) is 9.59 Å². The minimum atomic E-state index is -0.412. The van der Waals surface area contributed by atoms with Crippen molar-refractivity contribution < 1.29 is 14.3 Å². The Morgan fingerprint density at radius 3 is 2.78 bits per heavy atom.